The molecule has 30 N–H and O–H groups in total. The van der Waals surface area contributed by atoms with Gasteiger partial charge < -0.3 is 215 Å². The van der Waals surface area contributed by atoms with Crippen LogP contribution in [0.3, 0.4) is 0 Å². The monoisotopic (exact) mass is 2150 g/mol. The molecule has 10 rings (SSSR count). The zero-order valence-corrected chi connectivity index (χ0v) is 88.7. The van der Waals surface area contributed by atoms with Gasteiger partial charge in [0, 0.05) is 67.5 Å². The third kappa shape index (κ3) is 41.6. The zero-order valence-electron chi connectivity index (χ0n) is 76.8. The molecule has 5 heterocycles. The van der Waals surface area contributed by atoms with Crippen molar-refractivity contribution in [3.8, 4) is 86.2 Å². The Kier molecular flexibility index (Phi) is 67.0. The fourth-order valence-electron chi connectivity index (χ4n) is 12.0. The predicted octanol–water partition coefficient (Wildman–Crippen LogP) is -21.4. The maximum Gasteiger partial charge on any atom is 1.00 e. The van der Waals surface area contributed by atoms with Gasteiger partial charge in [0.15, 0.2) is 23.0 Å². The first kappa shape index (κ1) is 139. The van der Waals surface area contributed by atoms with Crippen LogP contribution in [-0.4, -0.2) is 382 Å². The van der Waals surface area contributed by atoms with E-state index in [-0.39, 0.29) is 262 Å². The minimum Gasteiger partial charge on any atom is -0.926 e. The predicted molar refractivity (Wildman–Crippen MR) is 437 cm³/mol. The molecule has 63 heteroatoms. The standard InChI is InChI=1S/C16H24N2O10.C16H22O11S.2C16H21O9.C15H20O11.2K.2Na.O3S.2H2O/c1-2-3-11(20)25-7-4-8(18-24)15(9(5-7)28-17)27-16-14(23)13(22)12(21)10(6-19)26-16;1-2-3-12(18)25-8-4-5-9(11(6-8)28(22,23)24)26-16-15(21)14(20)13(19)10(7-17)27-16;2*1-2-3-12(19)23-8-4-5-10(9(18)6-8)24-16-15(22)14(21)13(20)11(7-17)25-16;16-2-1-10(20)24-6-3-7(18)14(8(19)4-6)26-15-13(23)12(22)11(21)9(5-17)25-15;;;;;1-4(2)3;;/h4-5,10,12-14,16,18-19,21-24H,2-3,6,17H2,1H3;4-6,10,13-17,19-21H,2-3,7H2,1H3,(H,22,23,24);2*4,6,11,13-18,20-22H,2-3,7H2,1H3;3-4,9,11-13,15-19,21-23H,1-2,5H2;;;;;;2*1H2/q;;2*-1;;4*+1;;;/p-4. The fourth-order valence-corrected chi connectivity index (χ4v) is 12.6. The second kappa shape index (κ2) is 68.5. The molecule has 0 saturated carbocycles. The molecular weight excluding hydrogens is 2050 g/mol. The van der Waals surface area contributed by atoms with Gasteiger partial charge in [-0.25, -0.2) is 0 Å². The molecule has 5 aliphatic heterocycles. The zero-order chi connectivity index (χ0) is 102. The molecule has 782 valence electrons. The Labute approximate surface area is 937 Å². The van der Waals surface area contributed by atoms with E-state index in [4.69, 9.17) is 110 Å². The van der Waals surface area contributed by atoms with Gasteiger partial charge >= 0.3 is 190 Å². The average Bonchev–Trinajstić information content (AvgIpc) is 0.796. The van der Waals surface area contributed by atoms with Crippen molar-refractivity contribution in [2.45, 2.75) is 244 Å². The number of ether oxygens (including phenoxy) is 15. The first-order chi connectivity index (χ1) is 64.2. The maximum atomic E-state index is 12.0. The average molecular weight is 2150 g/mol. The number of hydrogen-bond donors (Lipinski definition) is 27. The van der Waals surface area contributed by atoms with Gasteiger partial charge in [0.2, 0.25) is 37.2 Å². The van der Waals surface area contributed by atoms with Crippen LogP contribution in [0.25, 0.3) is 0 Å². The van der Waals surface area contributed by atoms with Crippen LogP contribution < -0.4 is 236 Å². The molecule has 142 heavy (non-hydrogen) atoms. The SMILES string of the molecule is CCCC(=O)Oc1c[c-]c(OC2OC(CO)C(O)C(O)C2O)c([O-])c1.CCCC(=O)Oc1c[c-]c(OC2OC(CO)C(O)C(O)C2O)c([O-])c1.CCCC(=O)Oc1cc(NO)c(OC2OC(CO)C(O)C(O)C2O)c(ON)c1.CCCC(=O)Oc1ccc(OC2OC(CO)C(O)C(O)C2O)c(S(=O)(=O)O)c1.O=C(CCO)Oc1cc(O)c(OC2OC(CO)C(O)C(O)C2O)c(O)c1.O=S(=O)=O.[K+].[K+].[Na+].[Na+].[OH-].[OH-]. The summed E-state index contributed by atoms with van der Waals surface area (Å²) < 4.78 is 135. The summed E-state index contributed by atoms with van der Waals surface area (Å²) in [7, 11) is -7.94. The number of carbonyl (C=O) groups excluding carboxylic acids is 5. The van der Waals surface area contributed by atoms with Crippen molar-refractivity contribution in [2.24, 2.45) is 5.90 Å². The van der Waals surface area contributed by atoms with Crippen LogP contribution >= 0.6 is 0 Å². The number of benzene rings is 5. The van der Waals surface area contributed by atoms with Crippen LogP contribution in [0.4, 0.5) is 5.69 Å². The molecule has 0 radical (unpaired) electrons. The summed E-state index contributed by atoms with van der Waals surface area (Å²) in [5.41, 5.74) is 1.66. The molecule has 0 bridgehead atoms. The Morgan fingerprint density at radius 1 is 0.401 bits per heavy atom. The quantitative estimate of drug-likeness (QED) is 0.00463. The number of carbonyl (C=O) groups is 5. The van der Waals surface area contributed by atoms with Crippen molar-refractivity contribution in [1.29, 1.82) is 0 Å². The second-order valence-electron chi connectivity index (χ2n) is 29.1. The normalized spacial score (nSPS) is 26.6. The van der Waals surface area contributed by atoms with Crippen LogP contribution in [0.5, 0.6) is 86.2 Å². The van der Waals surface area contributed by atoms with E-state index in [2.05, 4.69) is 17.0 Å². The first-order valence-electron chi connectivity index (χ1n) is 40.5. The van der Waals surface area contributed by atoms with E-state index < -0.39 is 283 Å². The Morgan fingerprint density at radius 3 is 0.965 bits per heavy atom. The smallest absolute Gasteiger partial charge is 0.926 e. The summed E-state index contributed by atoms with van der Waals surface area (Å²) in [5.74, 6) is -2.90. The van der Waals surface area contributed by atoms with E-state index in [1.54, 1.807) is 13.8 Å². The molecule has 5 saturated heterocycles. The molecule has 25 atom stereocenters. The number of esters is 5. The molecule has 0 aliphatic carbocycles. The summed E-state index contributed by atoms with van der Waals surface area (Å²) in [4.78, 5) is 61.3. The molecular formula is C79H108K2N2Na2O55S2-2. The van der Waals surface area contributed by atoms with Gasteiger partial charge in [0.05, 0.1) is 46.1 Å². The molecule has 25 unspecified atom stereocenters. The Bertz CT molecular complexity index is 4720. The molecule has 5 fully saturated rings. The van der Waals surface area contributed by atoms with Crippen LogP contribution in [-0.2, 0) is 68.4 Å². The molecule has 0 amide bonds. The van der Waals surface area contributed by atoms with Crippen LogP contribution in [0.15, 0.2) is 71.6 Å². The van der Waals surface area contributed by atoms with Gasteiger partial charge in [0.1, 0.15) is 156 Å². The van der Waals surface area contributed by atoms with Crippen molar-refractivity contribution in [2.75, 3.05) is 45.1 Å². The number of aliphatic hydroxyl groups excluding tert-OH is 21. The molecule has 57 nitrogen and oxygen atoms in total. The summed E-state index contributed by atoms with van der Waals surface area (Å²) >= 11 is 0. The fraction of sp³-hybridized carbons (Fsp3) is 0.557. The van der Waals surface area contributed by atoms with E-state index in [1.165, 1.54) is 30.3 Å². The van der Waals surface area contributed by atoms with E-state index in [9.17, 15) is 149 Å². The Hall–Kier alpha value is -5.15. The maximum absolute atomic E-state index is 12.0. The van der Waals surface area contributed by atoms with Gasteiger partial charge in [-0.3, -0.25) is 39.2 Å². The number of aliphatic hydroxyl groups is 21. The molecule has 0 aromatic heterocycles. The summed E-state index contributed by atoms with van der Waals surface area (Å²) in [6.45, 7) is 3.46. The third-order valence-corrected chi connectivity index (χ3v) is 19.8. The Balaban J connectivity index is 0. The van der Waals surface area contributed by atoms with Crippen molar-refractivity contribution >= 4 is 56.3 Å². The number of nitrogens with one attached hydrogen (secondary N) is 1. The largest absolute Gasteiger partial charge is 1.00 e. The molecule has 0 spiro atoms. The van der Waals surface area contributed by atoms with Crippen molar-refractivity contribution in [3.63, 3.8) is 0 Å². The number of nitrogens with two attached hydrogens (primary N) is 1. The number of hydrogen-bond acceptors (Lipinski definition) is 56. The van der Waals surface area contributed by atoms with Gasteiger partial charge in [0.25, 0.3) is 22.1 Å². The first-order valence-corrected chi connectivity index (χ1v) is 43.0. The number of phenolic OH excluding ortho intramolecular Hbond substituents is 2. The van der Waals surface area contributed by atoms with Crippen molar-refractivity contribution in [1.82, 2.24) is 0 Å². The van der Waals surface area contributed by atoms with Crippen molar-refractivity contribution < 1.29 is 431 Å². The minimum atomic E-state index is -4.83. The van der Waals surface area contributed by atoms with Gasteiger partial charge in [-0.2, -0.15) is 25.8 Å². The Morgan fingerprint density at radius 2 is 0.683 bits per heavy atom. The number of phenols is 2. The van der Waals surface area contributed by atoms with E-state index >= 15 is 0 Å². The van der Waals surface area contributed by atoms with Crippen LogP contribution in [0.2, 0.25) is 0 Å². The molecule has 5 aliphatic rings. The summed E-state index contributed by atoms with van der Waals surface area (Å²) in [5, 5.41) is 255. The second-order valence-corrected chi connectivity index (χ2v) is 30.9. The molecule has 5 aromatic carbocycles. The minimum absolute atomic E-state index is 0. The molecule has 5 aromatic rings. The third-order valence-electron chi connectivity index (χ3n) is 18.9. The topological polar surface area (TPSA) is 968 Å². The number of rotatable bonds is 33. The summed E-state index contributed by atoms with van der Waals surface area (Å²) in [6, 6.07) is 16.8. The van der Waals surface area contributed by atoms with Crippen LogP contribution in [0, 0.1) is 12.1 Å². The van der Waals surface area contributed by atoms with Gasteiger partial charge in [-0.1, -0.05) is 27.7 Å². The van der Waals surface area contributed by atoms with Crippen molar-refractivity contribution in [3.05, 3.63) is 78.9 Å². The van der Waals surface area contributed by atoms with E-state index in [0.29, 0.717) is 25.7 Å². The van der Waals surface area contributed by atoms with E-state index in [0.717, 1.165) is 36.4 Å². The van der Waals surface area contributed by atoms with E-state index in [1.807, 2.05) is 19.3 Å². The van der Waals surface area contributed by atoms with Gasteiger partial charge in [-0.05, 0) is 49.3 Å². The number of aromatic hydroxyl groups is 2. The van der Waals surface area contributed by atoms with Crippen LogP contribution in [0.1, 0.15) is 85.5 Å². The summed E-state index contributed by atoms with van der Waals surface area (Å²) in [6.07, 6.45) is -35.9. The van der Waals surface area contributed by atoms with Gasteiger partial charge in [-0.15, -0.1) is 49.0 Å². The number of anilines is 1.